The van der Waals surface area contributed by atoms with Crippen molar-refractivity contribution in [2.75, 3.05) is 19.6 Å². The Morgan fingerprint density at radius 2 is 2.11 bits per heavy atom. The van der Waals surface area contributed by atoms with Crippen molar-refractivity contribution in [2.24, 2.45) is 5.41 Å². The van der Waals surface area contributed by atoms with E-state index in [1.807, 2.05) is 0 Å². The lowest BCUT2D eigenvalue weighted by Crippen LogP contribution is -2.63. The van der Waals surface area contributed by atoms with Crippen LogP contribution in [0.25, 0.3) is 0 Å². The molecule has 2 nitrogen and oxygen atoms in total. The van der Waals surface area contributed by atoms with Gasteiger partial charge in [-0.3, -0.25) is 4.90 Å². The topological polar surface area (TPSA) is 15.3 Å². The number of nitrogens with one attached hydrogen (secondary N) is 1. The van der Waals surface area contributed by atoms with Gasteiger partial charge in [-0.2, -0.15) is 0 Å². The van der Waals surface area contributed by atoms with E-state index in [-0.39, 0.29) is 12.4 Å². The Hall–Kier alpha value is -0.570. The van der Waals surface area contributed by atoms with Crippen molar-refractivity contribution in [2.45, 2.75) is 32.4 Å². The first kappa shape index (κ1) is 13.9. The van der Waals surface area contributed by atoms with Crippen LogP contribution in [0.1, 0.15) is 25.3 Å². The van der Waals surface area contributed by atoms with E-state index in [0.29, 0.717) is 5.41 Å². The first-order chi connectivity index (χ1) is 8.32. The van der Waals surface area contributed by atoms with Crippen LogP contribution in [0, 0.1) is 5.41 Å². The standard InChI is InChI=1S/C15H22N2.ClH/c1-2-14-15(11-16-14)8-9-17(12-15)10-13-6-4-3-5-7-13;/h3-7,14,16H,2,8-12H2,1H3;1H. The first-order valence-corrected chi connectivity index (χ1v) is 6.82. The van der Waals surface area contributed by atoms with Crippen molar-refractivity contribution in [3.8, 4) is 0 Å². The van der Waals surface area contributed by atoms with Gasteiger partial charge < -0.3 is 5.32 Å². The molecule has 0 radical (unpaired) electrons. The highest BCUT2D eigenvalue weighted by Crippen LogP contribution is 2.40. The molecule has 100 valence electrons. The molecule has 0 aliphatic carbocycles. The third-order valence-corrected chi connectivity index (χ3v) is 4.56. The van der Waals surface area contributed by atoms with Crippen molar-refractivity contribution < 1.29 is 0 Å². The molecule has 1 aromatic rings. The predicted molar refractivity (Wildman–Crippen MR) is 78.1 cm³/mol. The minimum absolute atomic E-state index is 0. The summed E-state index contributed by atoms with van der Waals surface area (Å²) in [6.45, 7) is 7.22. The summed E-state index contributed by atoms with van der Waals surface area (Å²) in [5, 5.41) is 3.59. The van der Waals surface area contributed by atoms with E-state index in [4.69, 9.17) is 0 Å². The van der Waals surface area contributed by atoms with Gasteiger partial charge >= 0.3 is 0 Å². The smallest absolute Gasteiger partial charge is 0.0233 e. The minimum atomic E-state index is 0. The van der Waals surface area contributed by atoms with Crippen LogP contribution in [0.3, 0.4) is 0 Å². The molecule has 2 unspecified atom stereocenters. The number of hydrogen-bond acceptors (Lipinski definition) is 2. The Kier molecular flexibility index (Phi) is 4.31. The summed E-state index contributed by atoms with van der Waals surface area (Å²) in [7, 11) is 0. The van der Waals surface area contributed by atoms with Crippen LogP contribution in [-0.2, 0) is 6.54 Å². The highest BCUT2D eigenvalue weighted by Gasteiger charge is 2.49. The second-order valence-electron chi connectivity index (χ2n) is 5.65. The van der Waals surface area contributed by atoms with Gasteiger partial charge in [-0.15, -0.1) is 12.4 Å². The molecule has 2 saturated heterocycles. The average molecular weight is 267 g/mol. The Morgan fingerprint density at radius 3 is 2.72 bits per heavy atom. The summed E-state index contributed by atoms with van der Waals surface area (Å²) in [6, 6.07) is 11.6. The fraction of sp³-hybridized carbons (Fsp3) is 0.600. The fourth-order valence-electron chi connectivity index (χ4n) is 3.50. The van der Waals surface area contributed by atoms with Gasteiger partial charge in [-0.25, -0.2) is 0 Å². The summed E-state index contributed by atoms with van der Waals surface area (Å²) in [6.07, 6.45) is 2.66. The van der Waals surface area contributed by atoms with Crippen LogP contribution in [0.2, 0.25) is 0 Å². The maximum atomic E-state index is 3.59. The van der Waals surface area contributed by atoms with E-state index in [9.17, 15) is 0 Å². The Bertz CT molecular complexity index is 379. The number of nitrogens with zero attached hydrogens (tertiary/aromatic N) is 1. The third kappa shape index (κ3) is 2.42. The molecule has 0 saturated carbocycles. The molecule has 0 bridgehead atoms. The lowest BCUT2D eigenvalue weighted by atomic mass is 9.72. The second kappa shape index (κ2) is 5.60. The van der Waals surface area contributed by atoms with Gasteiger partial charge in [-0.1, -0.05) is 37.3 Å². The van der Waals surface area contributed by atoms with Gasteiger partial charge in [0.25, 0.3) is 0 Å². The van der Waals surface area contributed by atoms with Gasteiger partial charge in [0.1, 0.15) is 0 Å². The van der Waals surface area contributed by atoms with Crippen molar-refractivity contribution in [1.82, 2.24) is 10.2 Å². The minimum Gasteiger partial charge on any atom is -0.313 e. The van der Waals surface area contributed by atoms with Crippen molar-refractivity contribution in [1.29, 1.82) is 0 Å². The molecule has 2 aliphatic heterocycles. The summed E-state index contributed by atoms with van der Waals surface area (Å²) in [5.74, 6) is 0. The molecule has 1 spiro atoms. The van der Waals surface area contributed by atoms with Gasteiger partial charge in [0, 0.05) is 31.1 Å². The molecule has 2 atom stereocenters. The summed E-state index contributed by atoms with van der Waals surface area (Å²) < 4.78 is 0. The lowest BCUT2D eigenvalue weighted by molar-refractivity contribution is 0.0852. The maximum absolute atomic E-state index is 3.59. The average Bonchev–Trinajstić information content (AvgIpc) is 2.76. The van der Waals surface area contributed by atoms with Gasteiger partial charge in [-0.05, 0) is 24.9 Å². The quantitative estimate of drug-likeness (QED) is 0.905. The van der Waals surface area contributed by atoms with E-state index in [1.165, 1.54) is 38.0 Å². The van der Waals surface area contributed by atoms with Crippen molar-refractivity contribution >= 4 is 12.4 Å². The SMILES string of the molecule is CCC1NCC12CCN(Cc1ccccc1)C2.Cl. The molecule has 0 aromatic heterocycles. The zero-order valence-electron chi connectivity index (χ0n) is 11.1. The lowest BCUT2D eigenvalue weighted by Gasteiger charge is -2.48. The Labute approximate surface area is 116 Å². The first-order valence-electron chi connectivity index (χ1n) is 6.82. The van der Waals surface area contributed by atoms with Crippen LogP contribution in [-0.4, -0.2) is 30.6 Å². The number of benzene rings is 1. The molecular formula is C15H23ClN2. The van der Waals surface area contributed by atoms with Crippen LogP contribution < -0.4 is 5.32 Å². The molecule has 3 rings (SSSR count). The Balaban J connectivity index is 0.00000120. The summed E-state index contributed by atoms with van der Waals surface area (Å²) in [4.78, 5) is 2.62. The van der Waals surface area contributed by atoms with E-state index < -0.39 is 0 Å². The molecule has 3 heteroatoms. The monoisotopic (exact) mass is 266 g/mol. The van der Waals surface area contributed by atoms with Crippen LogP contribution in [0.4, 0.5) is 0 Å². The number of hydrogen-bond donors (Lipinski definition) is 1. The van der Waals surface area contributed by atoms with Crippen LogP contribution in [0.15, 0.2) is 30.3 Å². The molecule has 1 aromatic carbocycles. The normalized spacial score (nSPS) is 31.1. The van der Waals surface area contributed by atoms with Gasteiger partial charge in [0.05, 0.1) is 0 Å². The fourth-order valence-corrected chi connectivity index (χ4v) is 3.50. The van der Waals surface area contributed by atoms with Gasteiger partial charge in [0.2, 0.25) is 0 Å². The van der Waals surface area contributed by atoms with E-state index in [1.54, 1.807) is 0 Å². The van der Waals surface area contributed by atoms with Gasteiger partial charge in [0.15, 0.2) is 0 Å². The zero-order valence-corrected chi connectivity index (χ0v) is 11.9. The Morgan fingerprint density at radius 1 is 1.33 bits per heavy atom. The molecule has 1 N–H and O–H groups in total. The maximum Gasteiger partial charge on any atom is 0.0233 e. The molecule has 2 fully saturated rings. The predicted octanol–water partition coefficient (Wildman–Crippen LogP) is 2.68. The van der Waals surface area contributed by atoms with E-state index in [2.05, 4.69) is 47.5 Å². The molecule has 2 aliphatic rings. The molecule has 2 heterocycles. The van der Waals surface area contributed by atoms with E-state index >= 15 is 0 Å². The number of likely N-dealkylation sites (tertiary alicyclic amines) is 1. The van der Waals surface area contributed by atoms with Crippen LogP contribution in [0.5, 0.6) is 0 Å². The molecular weight excluding hydrogens is 244 g/mol. The van der Waals surface area contributed by atoms with E-state index in [0.717, 1.165) is 12.6 Å². The summed E-state index contributed by atoms with van der Waals surface area (Å²) >= 11 is 0. The third-order valence-electron chi connectivity index (χ3n) is 4.56. The summed E-state index contributed by atoms with van der Waals surface area (Å²) in [5.41, 5.74) is 2.05. The van der Waals surface area contributed by atoms with Crippen LogP contribution >= 0.6 is 12.4 Å². The zero-order chi connectivity index (χ0) is 11.7. The highest BCUT2D eigenvalue weighted by atomic mass is 35.5. The molecule has 18 heavy (non-hydrogen) atoms. The number of rotatable bonds is 3. The van der Waals surface area contributed by atoms with Crippen molar-refractivity contribution in [3.05, 3.63) is 35.9 Å². The largest absolute Gasteiger partial charge is 0.313 e. The second-order valence-corrected chi connectivity index (χ2v) is 5.65. The highest BCUT2D eigenvalue weighted by molar-refractivity contribution is 5.85. The van der Waals surface area contributed by atoms with Crippen molar-refractivity contribution in [3.63, 3.8) is 0 Å². The molecule has 0 amide bonds. The number of halogens is 1.